The summed E-state index contributed by atoms with van der Waals surface area (Å²) in [7, 11) is 0. The van der Waals surface area contributed by atoms with Gasteiger partial charge in [-0.25, -0.2) is 0 Å². The van der Waals surface area contributed by atoms with Gasteiger partial charge in [0.05, 0.1) is 10.6 Å². The number of amides is 1. The van der Waals surface area contributed by atoms with E-state index >= 15 is 0 Å². The first-order chi connectivity index (χ1) is 9.47. The van der Waals surface area contributed by atoms with Gasteiger partial charge in [0, 0.05) is 21.6 Å². The summed E-state index contributed by atoms with van der Waals surface area (Å²) in [6.07, 6.45) is 0. The van der Waals surface area contributed by atoms with Crippen molar-refractivity contribution in [2.75, 3.05) is 0 Å². The number of benzene rings is 2. The second kappa shape index (κ2) is 6.68. The molecule has 0 atom stereocenters. The molecule has 2 nitrogen and oxygen atoms in total. The Hall–Kier alpha value is -0.930. The highest BCUT2D eigenvalue weighted by atomic mass is 35.5. The minimum atomic E-state index is -0.294. The average molecular weight is 349 g/mol. The summed E-state index contributed by atoms with van der Waals surface area (Å²) in [4.78, 5) is 12.0. The predicted octanol–water partition coefficient (Wildman–Crippen LogP) is 5.23. The summed E-state index contributed by atoms with van der Waals surface area (Å²) in [5, 5.41) is 4.57. The Morgan fingerprint density at radius 2 is 1.50 bits per heavy atom. The van der Waals surface area contributed by atoms with E-state index in [-0.39, 0.29) is 12.5 Å². The number of hydrogen-bond acceptors (Lipinski definition) is 1. The highest BCUT2D eigenvalue weighted by molar-refractivity contribution is 6.37. The lowest BCUT2D eigenvalue weighted by Crippen LogP contribution is -2.23. The Balaban J connectivity index is 2.08. The van der Waals surface area contributed by atoms with Gasteiger partial charge in [0.15, 0.2) is 0 Å². The van der Waals surface area contributed by atoms with Crippen molar-refractivity contribution in [2.24, 2.45) is 0 Å². The second-order valence-corrected chi connectivity index (χ2v) is 5.73. The van der Waals surface area contributed by atoms with Crippen LogP contribution in [0.4, 0.5) is 0 Å². The average Bonchev–Trinajstić information content (AvgIpc) is 2.37. The summed E-state index contributed by atoms with van der Waals surface area (Å²) in [6, 6.07) is 9.80. The number of hydrogen-bond donors (Lipinski definition) is 1. The summed E-state index contributed by atoms with van der Waals surface area (Å²) in [5.41, 5.74) is 1.13. The third-order valence-electron chi connectivity index (χ3n) is 2.63. The molecule has 2 aromatic rings. The zero-order valence-corrected chi connectivity index (χ0v) is 13.1. The van der Waals surface area contributed by atoms with Crippen LogP contribution in [0.1, 0.15) is 15.9 Å². The number of carbonyl (C=O) groups is 1. The molecule has 0 aliphatic carbocycles. The Labute approximate surface area is 136 Å². The van der Waals surface area contributed by atoms with Crippen molar-refractivity contribution < 1.29 is 4.79 Å². The molecule has 1 N–H and O–H groups in total. The zero-order chi connectivity index (χ0) is 14.7. The van der Waals surface area contributed by atoms with Crippen molar-refractivity contribution >= 4 is 52.3 Å². The van der Waals surface area contributed by atoms with Crippen molar-refractivity contribution in [3.05, 3.63) is 67.6 Å². The van der Waals surface area contributed by atoms with Crippen LogP contribution < -0.4 is 5.32 Å². The molecule has 2 aromatic carbocycles. The van der Waals surface area contributed by atoms with Crippen molar-refractivity contribution in [1.82, 2.24) is 5.32 Å². The van der Waals surface area contributed by atoms with Crippen LogP contribution >= 0.6 is 46.4 Å². The van der Waals surface area contributed by atoms with Crippen LogP contribution in [0, 0.1) is 0 Å². The summed E-state index contributed by atoms with van der Waals surface area (Å²) >= 11 is 23.6. The van der Waals surface area contributed by atoms with E-state index in [4.69, 9.17) is 46.4 Å². The first-order valence-corrected chi connectivity index (χ1v) is 7.16. The molecule has 0 fully saturated rings. The van der Waals surface area contributed by atoms with Gasteiger partial charge in [-0.1, -0.05) is 52.5 Å². The summed E-state index contributed by atoms with van der Waals surface area (Å²) in [6.45, 7) is 0.286. The summed E-state index contributed by atoms with van der Waals surface area (Å²) < 4.78 is 0. The van der Waals surface area contributed by atoms with Crippen LogP contribution in [0.2, 0.25) is 20.1 Å². The fraction of sp³-hybridized carbons (Fsp3) is 0.0714. The molecular weight excluding hydrogens is 340 g/mol. The Bertz CT molecular complexity index is 658. The number of rotatable bonds is 3. The van der Waals surface area contributed by atoms with Crippen LogP contribution in [-0.4, -0.2) is 5.91 Å². The predicted molar refractivity (Wildman–Crippen MR) is 84.1 cm³/mol. The van der Waals surface area contributed by atoms with E-state index in [1.54, 1.807) is 30.3 Å². The molecule has 0 spiro atoms. The molecule has 0 aliphatic heterocycles. The first-order valence-electron chi connectivity index (χ1n) is 5.64. The third kappa shape index (κ3) is 3.80. The van der Waals surface area contributed by atoms with E-state index in [1.165, 1.54) is 6.07 Å². The van der Waals surface area contributed by atoms with Gasteiger partial charge in [-0.3, -0.25) is 4.79 Å². The first kappa shape index (κ1) is 15.5. The van der Waals surface area contributed by atoms with Gasteiger partial charge in [0.2, 0.25) is 0 Å². The van der Waals surface area contributed by atoms with Crippen LogP contribution in [0.5, 0.6) is 0 Å². The van der Waals surface area contributed by atoms with Crippen molar-refractivity contribution in [2.45, 2.75) is 6.54 Å². The minimum Gasteiger partial charge on any atom is -0.348 e. The molecule has 20 heavy (non-hydrogen) atoms. The molecular formula is C14H9Cl4NO. The molecule has 2 rings (SSSR count). The molecule has 0 aliphatic rings. The Morgan fingerprint density at radius 3 is 2.10 bits per heavy atom. The fourth-order valence-corrected chi connectivity index (χ4v) is 2.58. The van der Waals surface area contributed by atoms with Gasteiger partial charge in [0.25, 0.3) is 5.91 Å². The standard InChI is InChI=1S/C14H9Cl4NO/c15-9-2-1-8(12(17)5-9)7-19-14(20)11-4-3-10(16)6-13(11)18/h1-6H,7H2,(H,19,20). The molecule has 6 heteroatoms. The van der Waals surface area contributed by atoms with Crippen LogP contribution in [0.25, 0.3) is 0 Å². The molecule has 0 saturated heterocycles. The highest BCUT2D eigenvalue weighted by Gasteiger charge is 2.11. The maximum Gasteiger partial charge on any atom is 0.253 e. The minimum absolute atomic E-state index is 0.286. The molecule has 0 radical (unpaired) electrons. The highest BCUT2D eigenvalue weighted by Crippen LogP contribution is 2.22. The second-order valence-electron chi connectivity index (χ2n) is 4.04. The quantitative estimate of drug-likeness (QED) is 0.808. The smallest absolute Gasteiger partial charge is 0.253 e. The van der Waals surface area contributed by atoms with E-state index in [0.29, 0.717) is 25.7 Å². The normalized spacial score (nSPS) is 10.4. The van der Waals surface area contributed by atoms with Gasteiger partial charge in [-0.2, -0.15) is 0 Å². The fourth-order valence-electron chi connectivity index (χ4n) is 1.61. The monoisotopic (exact) mass is 347 g/mol. The van der Waals surface area contributed by atoms with Gasteiger partial charge >= 0.3 is 0 Å². The van der Waals surface area contributed by atoms with Crippen molar-refractivity contribution in [1.29, 1.82) is 0 Å². The number of halogens is 4. The van der Waals surface area contributed by atoms with Gasteiger partial charge in [0.1, 0.15) is 0 Å². The van der Waals surface area contributed by atoms with Crippen molar-refractivity contribution in [3.8, 4) is 0 Å². The van der Waals surface area contributed by atoms with E-state index in [9.17, 15) is 4.79 Å². The van der Waals surface area contributed by atoms with E-state index in [1.807, 2.05) is 0 Å². The lowest BCUT2D eigenvalue weighted by Gasteiger charge is -2.08. The van der Waals surface area contributed by atoms with E-state index < -0.39 is 0 Å². The van der Waals surface area contributed by atoms with E-state index in [2.05, 4.69) is 5.32 Å². The number of carbonyl (C=O) groups excluding carboxylic acids is 1. The van der Waals surface area contributed by atoms with E-state index in [0.717, 1.165) is 5.56 Å². The largest absolute Gasteiger partial charge is 0.348 e. The maximum absolute atomic E-state index is 12.0. The topological polar surface area (TPSA) is 29.1 Å². The third-order valence-corrected chi connectivity index (χ3v) is 3.77. The molecule has 0 unspecified atom stereocenters. The Kier molecular flexibility index (Phi) is 5.17. The van der Waals surface area contributed by atoms with Crippen molar-refractivity contribution in [3.63, 3.8) is 0 Å². The van der Waals surface area contributed by atoms with Crippen LogP contribution in [0.15, 0.2) is 36.4 Å². The number of nitrogens with one attached hydrogen (secondary N) is 1. The molecule has 0 bridgehead atoms. The molecule has 104 valence electrons. The van der Waals surface area contributed by atoms with Crippen LogP contribution in [-0.2, 0) is 6.54 Å². The molecule has 0 heterocycles. The molecule has 0 saturated carbocycles. The zero-order valence-electron chi connectivity index (χ0n) is 10.1. The van der Waals surface area contributed by atoms with Gasteiger partial charge in [-0.05, 0) is 35.9 Å². The molecule has 0 aromatic heterocycles. The lowest BCUT2D eigenvalue weighted by molar-refractivity contribution is 0.0951. The Morgan fingerprint density at radius 1 is 0.900 bits per heavy atom. The lowest BCUT2D eigenvalue weighted by atomic mass is 10.2. The molecule has 1 amide bonds. The van der Waals surface area contributed by atoms with Gasteiger partial charge < -0.3 is 5.32 Å². The maximum atomic E-state index is 12.0. The SMILES string of the molecule is O=C(NCc1ccc(Cl)cc1Cl)c1ccc(Cl)cc1Cl. The van der Waals surface area contributed by atoms with Crippen LogP contribution in [0.3, 0.4) is 0 Å². The van der Waals surface area contributed by atoms with Gasteiger partial charge in [-0.15, -0.1) is 0 Å². The summed E-state index contributed by atoms with van der Waals surface area (Å²) in [5.74, 6) is -0.294.